The first-order chi connectivity index (χ1) is 17.2. The molecular weight excluding hydrogens is 436 g/mol. The Kier molecular flexibility index (Phi) is 8.93. The molecule has 1 fully saturated rings. The second-order valence-electron chi connectivity index (χ2n) is 8.89. The van der Waals surface area contributed by atoms with Crippen LogP contribution in [0.2, 0.25) is 0 Å². The van der Waals surface area contributed by atoms with Crippen LogP contribution in [-0.2, 0) is 4.74 Å². The van der Waals surface area contributed by atoms with Gasteiger partial charge < -0.3 is 14.8 Å². The lowest BCUT2D eigenvalue weighted by Gasteiger charge is -2.40. The van der Waals surface area contributed by atoms with Gasteiger partial charge in [0.2, 0.25) is 0 Å². The summed E-state index contributed by atoms with van der Waals surface area (Å²) in [5.74, 6) is 0.567. The van der Waals surface area contributed by atoms with Crippen LogP contribution in [0.1, 0.15) is 54.1 Å². The smallest absolute Gasteiger partial charge is 0.338 e. The van der Waals surface area contributed by atoms with Crippen molar-refractivity contribution in [2.45, 2.75) is 44.9 Å². The van der Waals surface area contributed by atoms with Crippen LogP contribution in [0.4, 0.5) is 0 Å². The maximum absolute atomic E-state index is 12.3. The highest BCUT2D eigenvalue weighted by atomic mass is 16.5. The van der Waals surface area contributed by atoms with Crippen molar-refractivity contribution < 1.29 is 14.3 Å². The van der Waals surface area contributed by atoms with E-state index >= 15 is 0 Å². The van der Waals surface area contributed by atoms with Gasteiger partial charge in [-0.05, 0) is 55.6 Å². The Balaban J connectivity index is 1.66. The minimum atomic E-state index is -0.323. The summed E-state index contributed by atoms with van der Waals surface area (Å²) in [6.07, 6.45) is 1.76. The minimum absolute atomic E-state index is 0.118. The minimum Gasteiger partial charge on any atom is -0.475 e. The molecule has 2 unspecified atom stereocenters. The van der Waals surface area contributed by atoms with Crippen LogP contribution >= 0.6 is 0 Å². The van der Waals surface area contributed by atoms with E-state index < -0.39 is 0 Å². The summed E-state index contributed by atoms with van der Waals surface area (Å²) < 4.78 is 11.8. The van der Waals surface area contributed by atoms with E-state index in [0.717, 1.165) is 32.5 Å². The monoisotopic (exact) mass is 472 g/mol. The van der Waals surface area contributed by atoms with Crippen LogP contribution in [0.3, 0.4) is 0 Å². The molecule has 1 N–H and O–H groups in total. The molecule has 1 aliphatic heterocycles. The highest BCUT2D eigenvalue weighted by Crippen LogP contribution is 2.33. The number of hydrogen-bond acceptors (Lipinski definition) is 5. The number of nitrogens with zero attached hydrogens (tertiary/aromatic N) is 1. The van der Waals surface area contributed by atoms with Gasteiger partial charge in [0.1, 0.15) is 5.75 Å². The third-order valence-electron chi connectivity index (χ3n) is 6.59. The predicted molar refractivity (Wildman–Crippen MR) is 140 cm³/mol. The van der Waals surface area contributed by atoms with Crippen molar-refractivity contribution in [3.05, 3.63) is 102 Å². The lowest BCUT2D eigenvalue weighted by atomic mass is 9.84. The Hall–Kier alpha value is -3.15. The lowest BCUT2D eigenvalue weighted by molar-refractivity contribution is -0.00794. The molecule has 0 amide bonds. The van der Waals surface area contributed by atoms with Crippen LogP contribution in [0.25, 0.3) is 0 Å². The molecule has 0 saturated carbocycles. The van der Waals surface area contributed by atoms with Gasteiger partial charge in [-0.25, -0.2) is 4.79 Å². The number of benzene rings is 3. The Labute approximate surface area is 209 Å². The molecule has 2 atom stereocenters. The zero-order valence-electron chi connectivity index (χ0n) is 20.7. The molecule has 1 saturated heterocycles. The molecule has 4 rings (SSSR count). The van der Waals surface area contributed by atoms with E-state index in [-0.39, 0.29) is 24.2 Å². The van der Waals surface area contributed by atoms with E-state index in [1.54, 1.807) is 12.1 Å². The fraction of sp³-hybridized carbons (Fsp3) is 0.367. The number of carbonyl (C=O) groups excluding carboxylic acids is 1. The van der Waals surface area contributed by atoms with Gasteiger partial charge in [0.05, 0.1) is 12.2 Å². The molecule has 5 nitrogen and oxygen atoms in total. The maximum atomic E-state index is 12.3. The lowest BCUT2D eigenvalue weighted by Crippen LogP contribution is -2.51. The topological polar surface area (TPSA) is 50.8 Å². The number of carbonyl (C=O) groups is 1. The van der Waals surface area contributed by atoms with E-state index in [2.05, 4.69) is 77.8 Å². The van der Waals surface area contributed by atoms with Gasteiger partial charge in [0.15, 0.2) is 6.23 Å². The molecular formula is C30H36N2O3. The van der Waals surface area contributed by atoms with Crippen molar-refractivity contribution in [2.75, 3.05) is 26.2 Å². The summed E-state index contributed by atoms with van der Waals surface area (Å²) in [6, 6.07) is 29.1. The Morgan fingerprint density at radius 3 is 2.29 bits per heavy atom. The molecule has 0 radical (unpaired) electrons. The Bertz CT molecular complexity index is 1020. The van der Waals surface area contributed by atoms with Gasteiger partial charge >= 0.3 is 5.97 Å². The SMILES string of the molecule is CCOC(=O)c1cccc(OC(CC)N2CCCNCC2C(c2ccccc2)c2ccccc2)c1. The molecule has 3 aromatic rings. The molecule has 0 aromatic heterocycles. The third-order valence-corrected chi connectivity index (χ3v) is 6.59. The molecule has 0 aliphatic carbocycles. The summed E-state index contributed by atoms with van der Waals surface area (Å²) in [5, 5.41) is 3.67. The zero-order valence-corrected chi connectivity index (χ0v) is 20.7. The van der Waals surface area contributed by atoms with E-state index in [0.29, 0.717) is 17.9 Å². The quantitative estimate of drug-likeness (QED) is 0.418. The fourth-order valence-electron chi connectivity index (χ4n) is 5.00. The largest absolute Gasteiger partial charge is 0.475 e. The van der Waals surface area contributed by atoms with Crippen LogP contribution < -0.4 is 10.1 Å². The van der Waals surface area contributed by atoms with E-state index in [4.69, 9.17) is 9.47 Å². The molecule has 0 spiro atoms. The third kappa shape index (κ3) is 6.30. The Morgan fingerprint density at radius 1 is 0.971 bits per heavy atom. The zero-order chi connectivity index (χ0) is 24.5. The number of esters is 1. The van der Waals surface area contributed by atoms with Gasteiger partial charge in [-0.2, -0.15) is 0 Å². The van der Waals surface area contributed by atoms with Gasteiger partial charge in [-0.1, -0.05) is 73.7 Å². The van der Waals surface area contributed by atoms with Crippen molar-refractivity contribution in [1.82, 2.24) is 10.2 Å². The molecule has 0 bridgehead atoms. The van der Waals surface area contributed by atoms with Crippen molar-refractivity contribution >= 4 is 5.97 Å². The number of rotatable bonds is 9. The van der Waals surface area contributed by atoms with Crippen molar-refractivity contribution in [3.63, 3.8) is 0 Å². The van der Waals surface area contributed by atoms with E-state index in [1.807, 2.05) is 19.1 Å². The van der Waals surface area contributed by atoms with Crippen LogP contribution in [-0.4, -0.2) is 49.4 Å². The predicted octanol–water partition coefficient (Wildman–Crippen LogP) is 5.47. The van der Waals surface area contributed by atoms with Gasteiger partial charge in [0.25, 0.3) is 0 Å². The first-order valence-corrected chi connectivity index (χ1v) is 12.7. The van der Waals surface area contributed by atoms with E-state index in [9.17, 15) is 4.79 Å². The second-order valence-corrected chi connectivity index (χ2v) is 8.89. The molecule has 5 heteroatoms. The van der Waals surface area contributed by atoms with Crippen LogP contribution in [0, 0.1) is 0 Å². The summed E-state index contributed by atoms with van der Waals surface area (Å²) in [7, 11) is 0. The first kappa shape index (κ1) is 25.0. The molecule has 35 heavy (non-hydrogen) atoms. The van der Waals surface area contributed by atoms with Crippen LogP contribution in [0.5, 0.6) is 5.75 Å². The number of ether oxygens (including phenoxy) is 2. The fourth-order valence-corrected chi connectivity index (χ4v) is 5.00. The second kappa shape index (κ2) is 12.5. The van der Waals surface area contributed by atoms with Gasteiger partial charge in [-0.3, -0.25) is 4.90 Å². The summed E-state index contributed by atoms with van der Waals surface area (Å²) in [5.41, 5.74) is 3.12. The van der Waals surface area contributed by atoms with Gasteiger partial charge in [-0.15, -0.1) is 0 Å². The summed E-state index contributed by atoms with van der Waals surface area (Å²) in [4.78, 5) is 14.8. The molecule has 1 aliphatic rings. The van der Waals surface area contributed by atoms with Gasteiger partial charge in [0, 0.05) is 25.0 Å². The molecule has 3 aromatic carbocycles. The molecule has 1 heterocycles. The number of hydrogen-bond donors (Lipinski definition) is 1. The van der Waals surface area contributed by atoms with Crippen molar-refractivity contribution in [2.24, 2.45) is 0 Å². The highest BCUT2D eigenvalue weighted by molar-refractivity contribution is 5.89. The maximum Gasteiger partial charge on any atom is 0.338 e. The van der Waals surface area contributed by atoms with Crippen LogP contribution in [0.15, 0.2) is 84.9 Å². The average Bonchev–Trinajstić information content (AvgIpc) is 3.15. The number of nitrogens with one attached hydrogen (secondary N) is 1. The Morgan fingerprint density at radius 2 is 1.66 bits per heavy atom. The summed E-state index contributed by atoms with van der Waals surface area (Å²) in [6.45, 7) is 7.12. The molecule has 184 valence electrons. The van der Waals surface area contributed by atoms with Crippen molar-refractivity contribution in [1.29, 1.82) is 0 Å². The van der Waals surface area contributed by atoms with Crippen molar-refractivity contribution in [3.8, 4) is 5.75 Å². The summed E-state index contributed by atoms with van der Waals surface area (Å²) >= 11 is 0. The highest BCUT2D eigenvalue weighted by Gasteiger charge is 2.35. The average molecular weight is 473 g/mol. The normalized spacial score (nSPS) is 17.5. The van der Waals surface area contributed by atoms with E-state index in [1.165, 1.54) is 11.1 Å². The first-order valence-electron chi connectivity index (χ1n) is 12.7. The standard InChI is InChI=1S/C30H36N2O3/c1-3-28(35-26-18-11-17-25(21-26)30(33)34-4-2)32-20-12-19-31-22-27(32)29(23-13-7-5-8-14-23)24-15-9-6-10-16-24/h5-11,13-18,21,27-29,31H,3-4,12,19-20,22H2,1-2H3.